The molecule has 0 unspecified atom stereocenters. The molecule has 0 saturated heterocycles. The molecular formula is C11H12FN3OS. The fourth-order valence-electron chi connectivity index (χ4n) is 1.26. The molecule has 4 nitrogen and oxygen atoms in total. The summed E-state index contributed by atoms with van der Waals surface area (Å²) in [4.78, 5) is 8.32. The van der Waals surface area contributed by atoms with Gasteiger partial charge in [-0.25, -0.2) is 9.37 Å². The summed E-state index contributed by atoms with van der Waals surface area (Å²) in [6, 6.07) is 2.99. The third-order valence-electron chi connectivity index (χ3n) is 2.08. The zero-order valence-electron chi connectivity index (χ0n) is 9.31. The van der Waals surface area contributed by atoms with E-state index >= 15 is 0 Å². The third-order valence-corrected chi connectivity index (χ3v) is 2.88. The Kier molecular flexibility index (Phi) is 4.00. The minimum atomic E-state index is -0.345. The maximum absolute atomic E-state index is 12.7. The summed E-state index contributed by atoms with van der Waals surface area (Å²) in [5.41, 5.74) is 1.41. The maximum atomic E-state index is 12.7. The van der Waals surface area contributed by atoms with E-state index in [1.54, 1.807) is 13.2 Å². The van der Waals surface area contributed by atoms with Crippen molar-refractivity contribution in [3.63, 3.8) is 0 Å². The van der Waals surface area contributed by atoms with Crippen LogP contribution in [0.4, 0.5) is 9.52 Å². The Morgan fingerprint density at radius 3 is 3.00 bits per heavy atom. The van der Waals surface area contributed by atoms with Gasteiger partial charge in [-0.05, 0) is 12.1 Å². The number of rotatable bonds is 5. The van der Waals surface area contributed by atoms with Gasteiger partial charge in [0, 0.05) is 19.0 Å². The van der Waals surface area contributed by atoms with Crippen molar-refractivity contribution in [2.24, 2.45) is 0 Å². The Morgan fingerprint density at radius 1 is 1.41 bits per heavy atom. The number of pyridine rings is 1. The number of aromatic nitrogens is 2. The van der Waals surface area contributed by atoms with Gasteiger partial charge in [-0.1, -0.05) is 0 Å². The Bertz CT molecular complexity index is 472. The van der Waals surface area contributed by atoms with Gasteiger partial charge in [0.15, 0.2) is 5.13 Å². The SMILES string of the molecule is COCCNc1nc(-c2ccc(F)cn2)cs1. The average molecular weight is 253 g/mol. The van der Waals surface area contributed by atoms with Crippen LogP contribution < -0.4 is 5.32 Å². The quantitative estimate of drug-likeness (QED) is 0.831. The van der Waals surface area contributed by atoms with Crippen LogP contribution in [0, 0.1) is 5.82 Å². The van der Waals surface area contributed by atoms with Crippen LogP contribution in [0.15, 0.2) is 23.7 Å². The third kappa shape index (κ3) is 3.21. The molecule has 0 amide bonds. The minimum absolute atomic E-state index is 0.345. The van der Waals surface area contributed by atoms with E-state index in [1.165, 1.54) is 23.6 Å². The second kappa shape index (κ2) is 5.70. The molecule has 1 N–H and O–H groups in total. The molecule has 2 aromatic rings. The Balaban J connectivity index is 2.04. The van der Waals surface area contributed by atoms with Crippen molar-refractivity contribution in [3.8, 4) is 11.4 Å². The first kappa shape index (κ1) is 11.9. The summed E-state index contributed by atoms with van der Waals surface area (Å²) >= 11 is 1.49. The van der Waals surface area contributed by atoms with Crippen molar-refractivity contribution in [2.75, 3.05) is 25.6 Å². The first-order chi connectivity index (χ1) is 8.29. The normalized spacial score (nSPS) is 10.5. The molecule has 90 valence electrons. The molecule has 0 aliphatic heterocycles. The van der Waals surface area contributed by atoms with Crippen molar-refractivity contribution in [2.45, 2.75) is 0 Å². The van der Waals surface area contributed by atoms with Crippen LogP contribution in [-0.4, -0.2) is 30.2 Å². The molecule has 0 radical (unpaired) electrons. The lowest BCUT2D eigenvalue weighted by Crippen LogP contribution is -2.07. The number of ether oxygens (including phenoxy) is 1. The van der Waals surface area contributed by atoms with Crippen LogP contribution in [0.25, 0.3) is 11.4 Å². The van der Waals surface area contributed by atoms with Crippen LogP contribution in [0.2, 0.25) is 0 Å². The molecule has 0 atom stereocenters. The lowest BCUT2D eigenvalue weighted by atomic mass is 10.3. The number of hydrogen-bond donors (Lipinski definition) is 1. The number of anilines is 1. The van der Waals surface area contributed by atoms with Crippen molar-refractivity contribution in [1.29, 1.82) is 0 Å². The fourth-order valence-corrected chi connectivity index (χ4v) is 1.99. The maximum Gasteiger partial charge on any atom is 0.183 e. The molecule has 0 fully saturated rings. The zero-order valence-corrected chi connectivity index (χ0v) is 10.1. The largest absolute Gasteiger partial charge is 0.383 e. The van der Waals surface area contributed by atoms with Crippen molar-refractivity contribution in [3.05, 3.63) is 29.5 Å². The second-order valence-electron chi connectivity index (χ2n) is 3.32. The average Bonchev–Trinajstić information content (AvgIpc) is 2.79. The first-order valence-electron chi connectivity index (χ1n) is 5.10. The summed E-state index contributed by atoms with van der Waals surface area (Å²) in [5.74, 6) is -0.345. The topological polar surface area (TPSA) is 47.0 Å². The molecule has 2 aromatic heterocycles. The van der Waals surface area contributed by atoms with Gasteiger partial charge >= 0.3 is 0 Å². The van der Waals surface area contributed by atoms with E-state index in [0.717, 1.165) is 10.8 Å². The molecule has 0 aliphatic rings. The lowest BCUT2D eigenvalue weighted by molar-refractivity contribution is 0.211. The van der Waals surface area contributed by atoms with Crippen LogP contribution >= 0.6 is 11.3 Å². The summed E-state index contributed by atoms with van der Waals surface area (Å²) in [7, 11) is 1.65. The van der Waals surface area contributed by atoms with Gasteiger partial charge in [-0.15, -0.1) is 11.3 Å². The molecule has 0 aliphatic carbocycles. The minimum Gasteiger partial charge on any atom is -0.383 e. The molecule has 0 aromatic carbocycles. The fraction of sp³-hybridized carbons (Fsp3) is 0.273. The van der Waals surface area contributed by atoms with Gasteiger partial charge in [-0.2, -0.15) is 0 Å². The van der Waals surface area contributed by atoms with Gasteiger partial charge in [0.1, 0.15) is 11.5 Å². The summed E-state index contributed by atoms with van der Waals surface area (Å²) < 4.78 is 17.6. The highest BCUT2D eigenvalue weighted by atomic mass is 32.1. The number of nitrogens with zero attached hydrogens (tertiary/aromatic N) is 2. The van der Waals surface area contributed by atoms with Crippen LogP contribution in [-0.2, 0) is 4.74 Å². The van der Waals surface area contributed by atoms with Gasteiger partial charge in [-0.3, -0.25) is 4.98 Å². The molecule has 2 rings (SSSR count). The molecule has 6 heteroatoms. The Labute approximate surface area is 102 Å². The summed E-state index contributed by atoms with van der Waals surface area (Å²) in [6.07, 6.45) is 1.19. The first-order valence-corrected chi connectivity index (χ1v) is 5.98. The van der Waals surface area contributed by atoms with Crippen LogP contribution in [0.1, 0.15) is 0 Å². The van der Waals surface area contributed by atoms with Gasteiger partial charge < -0.3 is 10.1 Å². The Morgan fingerprint density at radius 2 is 2.29 bits per heavy atom. The number of hydrogen-bond acceptors (Lipinski definition) is 5. The monoisotopic (exact) mass is 253 g/mol. The molecule has 0 saturated carbocycles. The number of halogens is 1. The highest BCUT2D eigenvalue weighted by Crippen LogP contribution is 2.23. The molecule has 2 heterocycles. The highest BCUT2D eigenvalue weighted by Gasteiger charge is 2.05. The number of thiazole rings is 1. The lowest BCUT2D eigenvalue weighted by Gasteiger charge is -2.00. The van der Waals surface area contributed by atoms with Crippen molar-refractivity contribution < 1.29 is 9.13 Å². The smallest absolute Gasteiger partial charge is 0.183 e. The van der Waals surface area contributed by atoms with E-state index in [1.807, 2.05) is 5.38 Å². The predicted molar refractivity (Wildman–Crippen MR) is 65.7 cm³/mol. The van der Waals surface area contributed by atoms with E-state index < -0.39 is 0 Å². The molecule has 0 bridgehead atoms. The van der Waals surface area contributed by atoms with E-state index in [9.17, 15) is 4.39 Å². The van der Waals surface area contributed by atoms with Crippen LogP contribution in [0.5, 0.6) is 0 Å². The summed E-state index contributed by atoms with van der Waals surface area (Å²) in [5, 5.41) is 5.82. The van der Waals surface area contributed by atoms with E-state index in [2.05, 4.69) is 15.3 Å². The van der Waals surface area contributed by atoms with Crippen molar-refractivity contribution >= 4 is 16.5 Å². The second-order valence-corrected chi connectivity index (χ2v) is 4.18. The van der Waals surface area contributed by atoms with Gasteiger partial charge in [0.25, 0.3) is 0 Å². The van der Waals surface area contributed by atoms with Crippen molar-refractivity contribution in [1.82, 2.24) is 9.97 Å². The molecule has 0 spiro atoms. The molecule has 17 heavy (non-hydrogen) atoms. The van der Waals surface area contributed by atoms with E-state index in [4.69, 9.17) is 4.74 Å². The Hall–Kier alpha value is -1.53. The van der Waals surface area contributed by atoms with E-state index in [-0.39, 0.29) is 5.82 Å². The van der Waals surface area contributed by atoms with Crippen LogP contribution in [0.3, 0.4) is 0 Å². The van der Waals surface area contributed by atoms with Gasteiger partial charge in [0.2, 0.25) is 0 Å². The number of methoxy groups -OCH3 is 1. The zero-order chi connectivity index (χ0) is 12.1. The number of nitrogens with one attached hydrogen (secondary N) is 1. The standard InChI is InChI=1S/C11H12FN3OS/c1-16-5-4-13-11-15-10(7-17-11)9-3-2-8(12)6-14-9/h2-3,6-7H,4-5H2,1H3,(H,13,15). The summed E-state index contributed by atoms with van der Waals surface area (Å²) in [6.45, 7) is 1.34. The molecular weight excluding hydrogens is 241 g/mol. The van der Waals surface area contributed by atoms with E-state index in [0.29, 0.717) is 18.8 Å². The highest BCUT2D eigenvalue weighted by molar-refractivity contribution is 7.14. The van der Waals surface area contributed by atoms with Gasteiger partial charge in [0.05, 0.1) is 18.5 Å². The predicted octanol–water partition coefficient (Wildman–Crippen LogP) is 2.40.